The van der Waals surface area contributed by atoms with Crippen LogP contribution in [0.3, 0.4) is 0 Å². The maximum absolute atomic E-state index is 10.7. The Hall–Kier alpha value is -2.81. The van der Waals surface area contributed by atoms with Crippen LogP contribution in [0.25, 0.3) is 32.3 Å². The summed E-state index contributed by atoms with van der Waals surface area (Å²) in [6.07, 6.45) is -1.54. The molecule has 0 fully saturated rings. The first kappa shape index (κ1) is 11.1. The standard InChI is InChI=1S/C17H9O3/c18-17(19)20-14-9-7-12-5-4-10-2-1-3-11-6-8-13(14)16(12)15(10)11/h1-9H. The number of hydrogen-bond acceptors (Lipinski definition) is 2. The van der Waals surface area contributed by atoms with Crippen molar-refractivity contribution in [2.24, 2.45) is 0 Å². The minimum Gasteiger partial charge on any atom is -0.392 e. The molecule has 3 heteroatoms. The predicted octanol–water partition coefficient (Wildman–Crippen LogP) is 4.51. The lowest BCUT2D eigenvalue weighted by atomic mass is 9.94. The van der Waals surface area contributed by atoms with Gasteiger partial charge < -0.3 is 4.74 Å². The Morgan fingerprint density at radius 3 is 2.05 bits per heavy atom. The molecule has 0 heterocycles. The van der Waals surface area contributed by atoms with Crippen LogP contribution < -0.4 is 4.74 Å². The molecule has 0 spiro atoms. The number of carbonyl (C=O) groups is 1. The molecule has 0 aliphatic heterocycles. The maximum atomic E-state index is 10.7. The summed E-state index contributed by atoms with van der Waals surface area (Å²) in [6, 6.07) is 17.6. The molecule has 0 aliphatic carbocycles. The maximum Gasteiger partial charge on any atom is 0.555 e. The van der Waals surface area contributed by atoms with Crippen LogP contribution in [0, 0.1) is 0 Å². The molecule has 0 amide bonds. The summed E-state index contributed by atoms with van der Waals surface area (Å²) in [6.45, 7) is 0. The van der Waals surface area contributed by atoms with Crippen molar-refractivity contribution in [3.05, 3.63) is 54.6 Å². The zero-order valence-corrected chi connectivity index (χ0v) is 10.4. The predicted molar refractivity (Wildman–Crippen MR) is 76.9 cm³/mol. The Morgan fingerprint density at radius 1 is 0.750 bits per heavy atom. The van der Waals surface area contributed by atoms with Crippen molar-refractivity contribution in [3.63, 3.8) is 0 Å². The molecule has 1 radical (unpaired) electrons. The van der Waals surface area contributed by atoms with Crippen molar-refractivity contribution in [2.45, 2.75) is 0 Å². The summed E-state index contributed by atoms with van der Waals surface area (Å²) in [4.78, 5) is 10.7. The summed E-state index contributed by atoms with van der Waals surface area (Å²) in [5.41, 5.74) is 0. The molecule has 0 N–H and O–H groups in total. The van der Waals surface area contributed by atoms with Gasteiger partial charge >= 0.3 is 6.16 Å². The third-order valence-electron chi connectivity index (χ3n) is 3.68. The average Bonchev–Trinajstić information content (AvgIpc) is 2.46. The van der Waals surface area contributed by atoms with Crippen molar-refractivity contribution in [3.8, 4) is 5.75 Å². The number of hydrogen-bond donors (Lipinski definition) is 0. The largest absolute Gasteiger partial charge is 0.555 e. The first-order valence-electron chi connectivity index (χ1n) is 6.29. The van der Waals surface area contributed by atoms with Gasteiger partial charge in [-0.2, -0.15) is 9.90 Å². The van der Waals surface area contributed by atoms with E-state index in [1.54, 1.807) is 6.07 Å². The lowest BCUT2D eigenvalue weighted by molar-refractivity contribution is 0.118. The lowest BCUT2D eigenvalue weighted by Gasteiger charge is -2.12. The Balaban J connectivity index is 2.23. The van der Waals surface area contributed by atoms with Crippen LogP contribution in [0.1, 0.15) is 0 Å². The molecule has 0 saturated heterocycles. The highest BCUT2D eigenvalue weighted by atomic mass is 16.7. The molecule has 0 aromatic heterocycles. The summed E-state index contributed by atoms with van der Waals surface area (Å²) < 4.78 is 4.78. The van der Waals surface area contributed by atoms with Crippen molar-refractivity contribution >= 4 is 38.5 Å². The van der Waals surface area contributed by atoms with E-state index in [1.807, 2.05) is 42.5 Å². The number of benzene rings is 4. The monoisotopic (exact) mass is 261 g/mol. The highest BCUT2D eigenvalue weighted by molar-refractivity contribution is 6.24. The molecule has 0 bridgehead atoms. The smallest absolute Gasteiger partial charge is 0.392 e. The van der Waals surface area contributed by atoms with Crippen LogP contribution in [0.5, 0.6) is 5.75 Å². The first-order chi connectivity index (χ1) is 9.74. The average molecular weight is 261 g/mol. The number of ether oxygens (including phenoxy) is 1. The second-order valence-electron chi connectivity index (χ2n) is 4.77. The highest BCUT2D eigenvalue weighted by Gasteiger charge is 2.13. The van der Waals surface area contributed by atoms with Crippen LogP contribution in [0.2, 0.25) is 0 Å². The van der Waals surface area contributed by atoms with Gasteiger partial charge in [-0.1, -0.05) is 42.5 Å². The van der Waals surface area contributed by atoms with E-state index >= 15 is 0 Å². The van der Waals surface area contributed by atoms with Gasteiger partial charge in [0.2, 0.25) is 0 Å². The lowest BCUT2D eigenvalue weighted by Crippen LogP contribution is -2.01. The van der Waals surface area contributed by atoms with Crippen LogP contribution in [-0.2, 0) is 5.11 Å². The van der Waals surface area contributed by atoms with Crippen LogP contribution >= 0.6 is 0 Å². The van der Waals surface area contributed by atoms with Gasteiger partial charge in [0.1, 0.15) is 5.75 Å². The molecule has 20 heavy (non-hydrogen) atoms. The van der Waals surface area contributed by atoms with Crippen LogP contribution in [0.4, 0.5) is 4.79 Å². The van der Waals surface area contributed by atoms with E-state index in [-0.39, 0.29) is 0 Å². The van der Waals surface area contributed by atoms with Gasteiger partial charge in [0.15, 0.2) is 0 Å². The van der Waals surface area contributed by atoms with Gasteiger partial charge in [0, 0.05) is 10.8 Å². The summed E-state index contributed by atoms with van der Waals surface area (Å²) in [5, 5.41) is 17.0. The van der Waals surface area contributed by atoms with E-state index in [0.29, 0.717) is 5.75 Å². The third kappa shape index (κ3) is 1.43. The highest BCUT2D eigenvalue weighted by Crippen LogP contribution is 2.38. The third-order valence-corrected chi connectivity index (χ3v) is 3.68. The van der Waals surface area contributed by atoms with Crippen molar-refractivity contribution in [1.82, 2.24) is 0 Å². The van der Waals surface area contributed by atoms with Crippen molar-refractivity contribution < 1.29 is 14.6 Å². The van der Waals surface area contributed by atoms with Crippen LogP contribution in [-0.4, -0.2) is 6.16 Å². The molecule has 0 aliphatic rings. The Labute approximate surface area is 114 Å². The zero-order chi connectivity index (χ0) is 13.7. The first-order valence-corrected chi connectivity index (χ1v) is 6.29. The van der Waals surface area contributed by atoms with E-state index in [2.05, 4.69) is 6.07 Å². The number of rotatable bonds is 1. The SMILES string of the molecule is [O]C(=O)Oc1ccc2ccc3cccc4ccc1c2c34. The van der Waals surface area contributed by atoms with Gasteiger partial charge in [-0.05, 0) is 33.7 Å². The van der Waals surface area contributed by atoms with Gasteiger partial charge in [0.05, 0.1) is 0 Å². The van der Waals surface area contributed by atoms with E-state index in [0.717, 1.165) is 32.3 Å². The minimum absolute atomic E-state index is 0.316. The molecule has 95 valence electrons. The topological polar surface area (TPSA) is 46.2 Å². The molecular weight excluding hydrogens is 252 g/mol. The molecular formula is C17H9O3. The second kappa shape index (κ2) is 3.84. The fourth-order valence-corrected chi connectivity index (χ4v) is 2.89. The van der Waals surface area contributed by atoms with E-state index in [1.165, 1.54) is 0 Å². The summed E-state index contributed by atoms with van der Waals surface area (Å²) in [7, 11) is 0. The van der Waals surface area contributed by atoms with Gasteiger partial charge in [-0.15, -0.1) is 0 Å². The van der Waals surface area contributed by atoms with Gasteiger partial charge in [-0.3, -0.25) is 0 Å². The van der Waals surface area contributed by atoms with Gasteiger partial charge in [-0.25, -0.2) is 0 Å². The van der Waals surface area contributed by atoms with Crippen molar-refractivity contribution in [1.29, 1.82) is 0 Å². The fraction of sp³-hybridized carbons (Fsp3) is 0. The summed E-state index contributed by atoms with van der Waals surface area (Å²) in [5.74, 6) is 0.316. The fourth-order valence-electron chi connectivity index (χ4n) is 2.89. The van der Waals surface area contributed by atoms with E-state index < -0.39 is 6.16 Å². The molecule has 4 aromatic rings. The van der Waals surface area contributed by atoms with E-state index in [9.17, 15) is 9.90 Å². The van der Waals surface area contributed by atoms with E-state index in [4.69, 9.17) is 4.74 Å². The molecule has 0 atom stereocenters. The van der Waals surface area contributed by atoms with Crippen LogP contribution in [0.15, 0.2) is 54.6 Å². The Bertz CT molecular complexity index is 941. The second-order valence-corrected chi connectivity index (χ2v) is 4.77. The molecule has 0 unspecified atom stereocenters. The molecule has 3 nitrogen and oxygen atoms in total. The normalized spacial score (nSPS) is 11.4. The Kier molecular flexibility index (Phi) is 2.12. The van der Waals surface area contributed by atoms with Gasteiger partial charge in [0.25, 0.3) is 0 Å². The molecule has 4 rings (SSSR count). The summed E-state index contributed by atoms with van der Waals surface area (Å²) >= 11 is 0. The molecule has 4 aromatic carbocycles. The Morgan fingerprint density at radius 2 is 1.35 bits per heavy atom. The molecule has 0 saturated carbocycles. The number of carbonyl (C=O) groups excluding carboxylic acids is 1. The van der Waals surface area contributed by atoms with Crippen molar-refractivity contribution in [2.75, 3.05) is 0 Å². The zero-order valence-electron chi connectivity index (χ0n) is 10.4. The quantitative estimate of drug-likeness (QED) is 0.287. The minimum atomic E-state index is -1.54.